The summed E-state index contributed by atoms with van der Waals surface area (Å²) in [7, 11) is 2.06. The Morgan fingerprint density at radius 1 is 1.07 bits per heavy atom. The molecule has 4 heteroatoms. The van der Waals surface area contributed by atoms with Crippen LogP contribution in [0.4, 0.5) is 8.78 Å². The maximum absolute atomic E-state index is 12.8. The maximum atomic E-state index is 12.8. The van der Waals surface area contributed by atoms with Gasteiger partial charge in [0.1, 0.15) is 0 Å². The first kappa shape index (κ1) is 12.8. The van der Waals surface area contributed by atoms with E-state index in [0.717, 1.165) is 13.1 Å². The van der Waals surface area contributed by atoms with Crippen LogP contribution in [-0.4, -0.2) is 55.0 Å². The summed E-state index contributed by atoms with van der Waals surface area (Å²) in [4.78, 5) is 4.43. The van der Waals surface area contributed by atoms with Gasteiger partial charge in [-0.15, -0.1) is 0 Å². The predicted molar refractivity (Wildman–Crippen MR) is 58.4 cm³/mol. The van der Waals surface area contributed by atoms with Gasteiger partial charge in [0, 0.05) is 45.1 Å². The van der Waals surface area contributed by atoms with Crippen LogP contribution >= 0.6 is 0 Å². The molecule has 0 amide bonds. The van der Waals surface area contributed by atoms with Crippen LogP contribution in [0.1, 0.15) is 26.7 Å². The van der Waals surface area contributed by atoms with Crippen molar-refractivity contribution >= 4 is 0 Å². The third-order valence-corrected chi connectivity index (χ3v) is 3.09. The van der Waals surface area contributed by atoms with E-state index in [-0.39, 0.29) is 12.8 Å². The van der Waals surface area contributed by atoms with Crippen molar-refractivity contribution < 1.29 is 8.78 Å². The number of alkyl halides is 2. The van der Waals surface area contributed by atoms with E-state index in [4.69, 9.17) is 0 Å². The molecule has 2 saturated heterocycles. The van der Waals surface area contributed by atoms with E-state index in [1.54, 1.807) is 0 Å². The van der Waals surface area contributed by atoms with Crippen LogP contribution < -0.4 is 0 Å². The first-order valence-corrected chi connectivity index (χ1v) is 5.87. The van der Waals surface area contributed by atoms with E-state index >= 15 is 0 Å². The van der Waals surface area contributed by atoms with E-state index in [9.17, 15) is 8.78 Å². The second kappa shape index (κ2) is 5.21. The predicted octanol–water partition coefficient (Wildman–Crippen LogP) is 2.06. The van der Waals surface area contributed by atoms with Crippen molar-refractivity contribution in [3.8, 4) is 0 Å². The number of hydrogen-bond acceptors (Lipinski definition) is 2. The zero-order valence-corrected chi connectivity index (χ0v) is 9.97. The highest BCUT2D eigenvalue weighted by Gasteiger charge is 2.38. The standard InChI is InChI=1S/C9H16F2N2.C2H6/c1-12-6-8(7-12)13-4-2-9(10,11)3-5-13;1-2/h8H,2-7H2,1H3;1-2H3. The Kier molecular flexibility index (Phi) is 4.46. The Morgan fingerprint density at radius 2 is 1.53 bits per heavy atom. The molecule has 2 rings (SSSR count). The van der Waals surface area contributed by atoms with E-state index in [0.29, 0.717) is 19.1 Å². The Hall–Kier alpha value is -0.220. The number of piperidine rings is 1. The highest BCUT2D eigenvalue weighted by atomic mass is 19.3. The summed E-state index contributed by atoms with van der Waals surface area (Å²) in [6.45, 7) is 7.24. The highest BCUT2D eigenvalue weighted by Crippen LogP contribution is 2.29. The van der Waals surface area contributed by atoms with Gasteiger partial charge in [0.05, 0.1) is 0 Å². The lowest BCUT2D eigenvalue weighted by molar-refractivity contribution is -0.0771. The number of rotatable bonds is 1. The molecule has 2 aliphatic heterocycles. The molecule has 0 spiro atoms. The topological polar surface area (TPSA) is 6.48 Å². The fraction of sp³-hybridized carbons (Fsp3) is 1.00. The summed E-state index contributed by atoms with van der Waals surface area (Å²) >= 11 is 0. The fourth-order valence-electron chi connectivity index (χ4n) is 2.11. The minimum atomic E-state index is -2.40. The minimum absolute atomic E-state index is 0.0488. The van der Waals surface area contributed by atoms with Gasteiger partial charge < -0.3 is 4.90 Å². The molecule has 0 N–H and O–H groups in total. The van der Waals surface area contributed by atoms with Crippen LogP contribution in [-0.2, 0) is 0 Å². The highest BCUT2D eigenvalue weighted by molar-refractivity contribution is 4.89. The summed E-state index contributed by atoms with van der Waals surface area (Å²) in [5.74, 6) is -2.40. The molecule has 0 aromatic carbocycles. The lowest BCUT2D eigenvalue weighted by atomic mass is 10.0. The molecule has 0 aromatic rings. The smallest absolute Gasteiger partial charge is 0.250 e. The van der Waals surface area contributed by atoms with Gasteiger partial charge in [0.2, 0.25) is 0 Å². The number of nitrogens with zero attached hydrogens (tertiary/aromatic N) is 2. The summed E-state index contributed by atoms with van der Waals surface area (Å²) in [6, 6.07) is 0.543. The van der Waals surface area contributed by atoms with E-state index in [1.807, 2.05) is 13.8 Å². The van der Waals surface area contributed by atoms with Crippen molar-refractivity contribution in [1.29, 1.82) is 0 Å². The van der Waals surface area contributed by atoms with Crippen molar-refractivity contribution in [2.24, 2.45) is 0 Å². The van der Waals surface area contributed by atoms with Crippen molar-refractivity contribution in [3.63, 3.8) is 0 Å². The summed E-state index contributed by atoms with van der Waals surface area (Å²) in [5.41, 5.74) is 0. The quantitative estimate of drug-likeness (QED) is 0.667. The van der Waals surface area contributed by atoms with Crippen molar-refractivity contribution in [2.75, 3.05) is 33.2 Å². The third kappa shape index (κ3) is 3.38. The molecule has 2 aliphatic rings. The Balaban J connectivity index is 0.000000531. The average molecular weight is 220 g/mol. The molecule has 0 saturated carbocycles. The molecule has 0 atom stereocenters. The summed E-state index contributed by atoms with van der Waals surface area (Å²) in [6.07, 6.45) is 0.0976. The van der Waals surface area contributed by atoms with E-state index in [2.05, 4.69) is 16.8 Å². The van der Waals surface area contributed by atoms with Crippen LogP contribution in [0, 0.1) is 0 Å². The van der Waals surface area contributed by atoms with Gasteiger partial charge in [0.25, 0.3) is 5.92 Å². The number of hydrogen-bond donors (Lipinski definition) is 0. The lowest BCUT2D eigenvalue weighted by Crippen LogP contribution is -2.60. The molecule has 15 heavy (non-hydrogen) atoms. The van der Waals surface area contributed by atoms with Gasteiger partial charge in [0.15, 0.2) is 0 Å². The van der Waals surface area contributed by atoms with Gasteiger partial charge in [-0.3, -0.25) is 4.90 Å². The first-order chi connectivity index (χ1) is 7.07. The van der Waals surface area contributed by atoms with Gasteiger partial charge >= 0.3 is 0 Å². The minimum Gasteiger partial charge on any atom is -0.303 e. The monoisotopic (exact) mass is 220 g/mol. The maximum Gasteiger partial charge on any atom is 0.250 e. The van der Waals surface area contributed by atoms with Crippen molar-refractivity contribution in [1.82, 2.24) is 9.80 Å². The summed E-state index contributed by atoms with van der Waals surface area (Å²) < 4.78 is 25.6. The summed E-state index contributed by atoms with van der Waals surface area (Å²) in [5, 5.41) is 0. The zero-order chi connectivity index (χ0) is 11.5. The van der Waals surface area contributed by atoms with Crippen LogP contribution in [0.3, 0.4) is 0 Å². The van der Waals surface area contributed by atoms with Gasteiger partial charge in [-0.25, -0.2) is 8.78 Å². The molecule has 0 bridgehead atoms. The molecule has 2 fully saturated rings. The SMILES string of the molecule is CC.CN1CC(N2CCC(F)(F)CC2)C1. The van der Waals surface area contributed by atoms with Crippen molar-refractivity contribution in [2.45, 2.75) is 38.7 Å². The van der Waals surface area contributed by atoms with Crippen molar-refractivity contribution in [3.05, 3.63) is 0 Å². The molecular weight excluding hydrogens is 198 g/mol. The molecule has 0 aliphatic carbocycles. The molecule has 0 aromatic heterocycles. The van der Waals surface area contributed by atoms with Crippen LogP contribution in [0.2, 0.25) is 0 Å². The molecule has 0 unspecified atom stereocenters. The largest absolute Gasteiger partial charge is 0.303 e. The Bertz CT molecular complexity index is 181. The Labute approximate surface area is 91.2 Å². The number of likely N-dealkylation sites (N-methyl/N-ethyl adjacent to an activating group) is 1. The first-order valence-electron chi connectivity index (χ1n) is 5.87. The van der Waals surface area contributed by atoms with Crippen LogP contribution in [0.25, 0.3) is 0 Å². The zero-order valence-electron chi connectivity index (χ0n) is 9.97. The van der Waals surface area contributed by atoms with Crippen LogP contribution in [0.15, 0.2) is 0 Å². The molecule has 90 valence electrons. The Morgan fingerprint density at radius 3 is 1.93 bits per heavy atom. The second-order valence-corrected chi connectivity index (χ2v) is 4.27. The average Bonchev–Trinajstić information content (AvgIpc) is 2.17. The second-order valence-electron chi connectivity index (χ2n) is 4.27. The molecule has 0 radical (unpaired) electrons. The van der Waals surface area contributed by atoms with Gasteiger partial charge in [-0.1, -0.05) is 13.8 Å². The van der Waals surface area contributed by atoms with Gasteiger partial charge in [-0.05, 0) is 7.05 Å². The molecule has 2 nitrogen and oxygen atoms in total. The number of likely N-dealkylation sites (tertiary alicyclic amines) is 2. The lowest BCUT2D eigenvalue weighted by Gasteiger charge is -2.46. The van der Waals surface area contributed by atoms with E-state index in [1.165, 1.54) is 0 Å². The fourth-order valence-corrected chi connectivity index (χ4v) is 2.11. The molecule has 2 heterocycles. The normalized spacial score (nSPS) is 27.8. The number of halogens is 2. The van der Waals surface area contributed by atoms with Crippen LogP contribution in [0.5, 0.6) is 0 Å². The van der Waals surface area contributed by atoms with Gasteiger partial charge in [-0.2, -0.15) is 0 Å². The van der Waals surface area contributed by atoms with E-state index < -0.39 is 5.92 Å². The molecular formula is C11H22F2N2. The third-order valence-electron chi connectivity index (χ3n) is 3.09.